The highest BCUT2D eigenvalue weighted by molar-refractivity contribution is 5.50. The lowest BCUT2D eigenvalue weighted by atomic mass is 10.1. The summed E-state index contributed by atoms with van der Waals surface area (Å²) in [5, 5.41) is 12.4. The first-order valence-electron chi connectivity index (χ1n) is 6.06. The molecule has 0 amide bonds. The molecule has 0 heterocycles. The number of aryl methyl sites for hydroxylation is 1. The number of nitrogens with one attached hydrogen (secondary N) is 1. The van der Waals surface area contributed by atoms with Crippen molar-refractivity contribution in [3.05, 3.63) is 59.2 Å². The first-order chi connectivity index (χ1) is 9.36. The molecule has 5 heteroatoms. The van der Waals surface area contributed by atoms with Crippen molar-refractivity contribution in [3.8, 4) is 5.75 Å². The van der Waals surface area contributed by atoms with Gasteiger partial charge in [-0.3, -0.25) is 0 Å². The second kappa shape index (κ2) is 5.45. The van der Waals surface area contributed by atoms with Crippen molar-refractivity contribution in [2.75, 3.05) is 5.32 Å². The highest BCUT2D eigenvalue weighted by Gasteiger charge is 2.30. The summed E-state index contributed by atoms with van der Waals surface area (Å²) in [4.78, 5) is 0. The number of halogens is 3. The van der Waals surface area contributed by atoms with Gasteiger partial charge in [-0.2, -0.15) is 13.2 Å². The molecule has 0 fully saturated rings. The van der Waals surface area contributed by atoms with Crippen LogP contribution in [0.4, 0.5) is 18.9 Å². The molecule has 0 saturated carbocycles. The Kier molecular flexibility index (Phi) is 3.88. The van der Waals surface area contributed by atoms with Gasteiger partial charge in [0.25, 0.3) is 0 Å². The topological polar surface area (TPSA) is 32.3 Å². The van der Waals surface area contributed by atoms with Crippen LogP contribution in [0.25, 0.3) is 0 Å². The molecule has 2 aromatic rings. The van der Waals surface area contributed by atoms with E-state index in [2.05, 4.69) is 5.32 Å². The van der Waals surface area contributed by atoms with Crippen molar-refractivity contribution in [1.29, 1.82) is 0 Å². The van der Waals surface area contributed by atoms with Gasteiger partial charge < -0.3 is 10.4 Å². The van der Waals surface area contributed by atoms with Gasteiger partial charge in [0.05, 0.1) is 5.56 Å². The number of aromatic hydroxyl groups is 1. The minimum atomic E-state index is -4.33. The molecule has 2 rings (SSSR count). The maximum absolute atomic E-state index is 12.6. The SMILES string of the molecule is Cc1cc(NCc2cccc(C(F)(F)F)c2)ccc1O. The van der Waals surface area contributed by atoms with Crippen LogP contribution in [0.5, 0.6) is 5.75 Å². The number of hydrogen-bond donors (Lipinski definition) is 2. The van der Waals surface area contributed by atoms with E-state index in [-0.39, 0.29) is 12.3 Å². The van der Waals surface area contributed by atoms with Gasteiger partial charge in [0.15, 0.2) is 0 Å². The van der Waals surface area contributed by atoms with E-state index >= 15 is 0 Å². The van der Waals surface area contributed by atoms with Crippen LogP contribution in [0.15, 0.2) is 42.5 Å². The van der Waals surface area contributed by atoms with Gasteiger partial charge >= 0.3 is 6.18 Å². The van der Waals surface area contributed by atoms with Crippen molar-refractivity contribution < 1.29 is 18.3 Å². The van der Waals surface area contributed by atoms with Crippen LogP contribution in [0.2, 0.25) is 0 Å². The molecule has 0 aromatic heterocycles. The second-order valence-electron chi connectivity index (χ2n) is 4.55. The summed E-state index contributed by atoms with van der Waals surface area (Å²) in [6.07, 6.45) is -4.33. The van der Waals surface area contributed by atoms with E-state index in [9.17, 15) is 18.3 Å². The standard InChI is InChI=1S/C15H14F3NO/c1-10-7-13(5-6-14(10)20)19-9-11-3-2-4-12(8-11)15(16,17)18/h2-8,19-20H,9H2,1H3. The Morgan fingerprint density at radius 1 is 1.10 bits per heavy atom. The maximum Gasteiger partial charge on any atom is 0.416 e. The average Bonchev–Trinajstić information content (AvgIpc) is 2.39. The molecular formula is C15H14F3NO. The summed E-state index contributed by atoms with van der Waals surface area (Å²) in [7, 11) is 0. The lowest BCUT2D eigenvalue weighted by Gasteiger charge is -2.11. The Hall–Kier alpha value is -2.17. The van der Waals surface area contributed by atoms with E-state index in [1.807, 2.05) is 0 Å². The zero-order valence-electron chi connectivity index (χ0n) is 10.8. The summed E-state index contributed by atoms with van der Waals surface area (Å²) < 4.78 is 37.7. The first-order valence-corrected chi connectivity index (χ1v) is 6.06. The number of rotatable bonds is 3. The molecule has 0 bridgehead atoms. The molecule has 20 heavy (non-hydrogen) atoms. The van der Waals surface area contributed by atoms with Crippen molar-refractivity contribution >= 4 is 5.69 Å². The van der Waals surface area contributed by atoms with Crippen molar-refractivity contribution in [2.45, 2.75) is 19.6 Å². The lowest BCUT2D eigenvalue weighted by Crippen LogP contribution is -2.06. The van der Waals surface area contributed by atoms with E-state index in [1.165, 1.54) is 6.07 Å². The predicted molar refractivity (Wildman–Crippen MR) is 71.6 cm³/mol. The van der Waals surface area contributed by atoms with Crippen molar-refractivity contribution in [2.24, 2.45) is 0 Å². The van der Waals surface area contributed by atoms with Gasteiger partial charge in [-0.05, 0) is 48.4 Å². The monoisotopic (exact) mass is 281 g/mol. The largest absolute Gasteiger partial charge is 0.508 e. The van der Waals surface area contributed by atoms with Gasteiger partial charge in [0, 0.05) is 12.2 Å². The van der Waals surface area contributed by atoms with Crippen LogP contribution in [-0.2, 0) is 12.7 Å². The molecule has 2 aromatic carbocycles. The highest BCUT2D eigenvalue weighted by atomic mass is 19.4. The van der Waals surface area contributed by atoms with Crippen LogP contribution in [0.3, 0.4) is 0 Å². The van der Waals surface area contributed by atoms with Gasteiger partial charge in [0.2, 0.25) is 0 Å². The third-order valence-corrected chi connectivity index (χ3v) is 2.95. The summed E-state index contributed by atoms with van der Waals surface area (Å²) in [5.74, 6) is 0.189. The van der Waals surface area contributed by atoms with E-state index < -0.39 is 11.7 Å². The Labute approximate surface area is 114 Å². The Bertz CT molecular complexity index is 608. The minimum Gasteiger partial charge on any atom is -0.508 e. The smallest absolute Gasteiger partial charge is 0.416 e. The lowest BCUT2D eigenvalue weighted by molar-refractivity contribution is -0.137. The van der Waals surface area contributed by atoms with E-state index in [0.29, 0.717) is 11.1 Å². The zero-order chi connectivity index (χ0) is 14.8. The number of phenolic OH excluding ortho intramolecular Hbond substituents is 1. The molecule has 0 aliphatic rings. The maximum atomic E-state index is 12.6. The molecule has 0 aliphatic carbocycles. The molecule has 0 aliphatic heterocycles. The number of benzene rings is 2. The highest BCUT2D eigenvalue weighted by Crippen LogP contribution is 2.29. The molecule has 0 atom stereocenters. The number of hydrogen-bond acceptors (Lipinski definition) is 2. The second-order valence-corrected chi connectivity index (χ2v) is 4.55. The van der Waals surface area contributed by atoms with Crippen LogP contribution in [0.1, 0.15) is 16.7 Å². The fraction of sp³-hybridized carbons (Fsp3) is 0.200. The van der Waals surface area contributed by atoms with Crippen molar-refractivity contribution in [1.82, 2.24) is 0 Å². The first kappa shape index (κ1) is 14.2. The van der Waals surface area contributed by atoms with E-state index in [1.54, 1.807) is 31.2 Å². The van der Waals surface area contributed by atoms with Gasteiger partial charge in [-0.15, -0.1) is 0 Å². The normalized spacial score (nSPS) is 11.4. The van der Waals surface area contributed by atoms with Crippen LogP contribution in [0, 0.1) is 6.92 Å². The molecule has 0 saturated heterocycles. The summed E-state index contributed by atoms with van der Waals surface area (Å²) >= 11 is 0. The Morgan fingerprint density at radius 3 is 2.50 bits per heavy atom. The summed E-state index contributed by atoms with van der Waals surface area (Å²) in [6, 6.07) is 10.2. The number of phenols is 1. The van der Waals surface area contributed by atoms with Crippen LogP contribution < -0.4 is 5.32 Å². The average molecular weight is 281 g/mol. The fourth-order valence-electron chi connectivity index (χ4n) is 1.83. The molecule has 2 nitrogen and oxygen atoms in total. The molecule has 0 radical (unpaired) electrons. The Morgan fingerprint density at radius 2 is 1.85 bits per heavy atom. The molecular weight excluding hydrogens is 267 g/mol. The third-order valence-electron chi connectivity index (χ3n) is 2.95. The van der Waals surface area contributed by atoms with E-state index in [0.717, 1.165) is 17.8 Å². The molecule has 2 N–H and O–H groups in total. The van der Waals surface area contributed by atoms with Crippen LogP contribution >= 0.6 is 0 Å². The summed E-state index contributed by atoms with van der Waals surface area (Å²) in [5.41, 5.74) is 1.35. The fourth-order valence-corrected chi connectivity index (χ4v) is 1.83. The summed E-state index contributed by atoms with van der Waals surface area (Å²) in [6.45, 7) is 2.04. The number of anilines is 1. The Balaban J connectivity index is 2.09. The third kappa shape index (κ3) is 3.44. The minimum absolute atomic E-state index is 0.189. The quantitative estimate of drug-likeness (QED) is 0.821. The van der Waals surface area contributed by atoms with Gasteiger partial charge in [0.1, 0.15) is 5.75 Å². The molecule has 0 unspecified atom stereocenters. The molecule has 0 spiro atoms. The predicted octanol–water partition coefficient (Wildman–Crippen LogP) is 4.33. The van der Waals surface area contributed by atoms with Gasteiger partial charge in [-0.1, -0.05) is 12.1 Å². The van der Waals surface area contributed by atoms with Crippen LogP contribution in [-0.4, -0.2) is 5.11 Å². The van der Waals surface area contributed by atoms with Crippen molar-refractivity contribution in [3.63, 3.8) is 0 Å². The zero-order valence-corrected chi connectivity index (χ0v) is 10.8. The molecule has 106 valence electrons. The van der Waals surface area contributed by atoms with Gasteiger partial charge in [-0.25, -0.2) is 0 Å². The van der Waals surface area contributed by atoms with E-state index in [4.69, 9.17) is 0 Å². The number of alkyl halides is 3.